The molecule has 21 heavy (non-hydrogen) atoms. The van der Waals surface area contributed by atoms with Gasteiger partial charge in [-0.25, -0.2) is 8.93 Å². The third-order valence-electron chi connectivity index (χ3n) is 3.18. The van der Waals surface area contributed by atoms with Crippen LogP contribution in [0.25, 0.3) is 0 Å². The molecule has 114 valence electrons. The van der Waals surface area contributed by atoms with E-state index in [1.807, 2.05) is 0 Å². The molecule has 0 aliphatic carbocycles. The number of nitrogens with one attached hydrogen (secondary N) is 1. The minimum absolute atomic E-state index is 0.0738. The molecule has 1 aromatic carbocycles. The lowest BCUT2D eigenvalue weighted by Crippen LogP contribution is -2.27. The van der Waals surface area contributed by atoms with Crippen molar-refractivity contribution >= 4 is 40.2 Å². The normalized spacial score (nSPS) is 14.7. The number of benzene rings is 1. The SMILES string of the molecule is COC(=O)CNS(=O)c1cc2c(cc1Cl)CCN2C(C)=O. The average Bonchev–Trinajstić information content (AvgIpc) is 2.86. The highest BCUT2D eigenvalue weighted by Gasteiger charge is 2.25. The molecule has 1 atom stereocenters. The molecule has 1 amide bonds. The zero-order chi connectivity index (χ0) is 15.6. The molecule has 0 fully saturated rings. The lowest BCUT2D eigenvalue weighted by Gasteiger charge is -2.16. The molecule has 1 heterocycles. The minimum atomic E-state index is -1.66. The van der Waals surface area contributed by atoms with Crippen LogP contribution in [0.1, 0.15) is 12.5 Å². The van der Waals surface area contributed by atoms with E-state index in [9.17, 15) is 13.8 Å². The fraction of sp³-hybridized carbons (Fsp3) is 0.385. The van der Waals surface area contributed by atoms with E-state index >= 15 is 0 Å². The number of carbonyl (C=O) groups is 2. The van der Waals surface area contributed by atoms with Gasteiger partial charge in [0.2, 0.25) is 5.91 Å². The number of nitrogens with zero attached hydrogens (tertiary/aromatic N) is 1. The molecule has 2 rings (SSSR count). The Kier molecular flexibility index (Phi) is 4.97. The maximum absolute atomic E-state index is 12.2. The number of carbonyl (C=O) groups excluding carboxylic acids is 2. The number of anilines is 1. The van der Waals surface area contributed by atoms with Crippen LogP contribution >= 0.6 is 11.6 Å². The molecule has 0 saturated heterocycles. The van der Waals surface area contributed by atoms with Crippen molar-refractivity contribution in [3.63, 3.8) is 0 Å². The monoisotopic (exact) mass is 330 g/mol. The van der Waals surface area contributed by atoms with E-state index in [4.69, 9.17) is 11.6 Å². The van der Waals surface area contributed by atoms with Gasteiger partial charge < -0.3 is 9.64 Å². The number of methoxy groups -OCH3 is 1. The molecule has 6 nitrogen and oxygen atoms in total. The number of ether oxygens (including phenoxy) is 1. The molecular formula is C13H15ClN2O4S. The predicted molar refractivity (Wildman–Crippen MR) is 79.6 cm³/mol. The van der Waals surface area contributed by atoms with Gasteiger partial charge in [-0.1, -0.05) is 11.6 Å². The number of fused-ring (bicyclic) bond motifs is 1. The zero-order valence-electron chi connectivity index (χ0n) is 11.6. The summed E-state index contributed by atoms with van der Waals surface area (Å²) in [5, 5.41) is 0.342. The second-order valence-corrected chi connectivity index (χ2v) is 6.17. The summed E-state index contributed by atoms with van der Waals surface area (Å²) in [4.78, 5) is 24.6. The van der Waals surface area contributed by atoms with Gasteiger partial charge in [0, 0.05) is 19.2 Å². The Balaban J connectivity index is 2.25. The van der Waals surface area contributed by atoms with Gasteiger partial charge in [-0.05, 0) is 24.1 Å². The fourth-order valence-corrected chi connectivity index (χ4v) is 3.39. The molecule has 0 spiro atoms. The quantitative estimate of drug-likeness (QED) is 0.837. The van der Waals surface area contributed by atoms with Crippen molar-refractivity contribution in [2.45, 2.75) is 18.2 Å². The molecule has 0 radical (unpaired) electrons. The average molecular weight is 331 g/mol. The van der Waals surface area contributed by atoms with Crippen LogP contribution in [0.2, 0.25) is 5.02 Å². The first-order chi connectivity index (χ1) is 9.93. The molecule has 1 aliphatic heterocycles. The maximum atomic E-state index is 12.2. The molecule has 0 saturated carbocycles. The maximum Gasteiger partial charge on any atom is 0.320 e. The van der Waals surface area contributed by atoms with Gasteiger partial charge in [0.25, 0.3) is 0 Å². The third kappa shape index (κ3) is 3.42. The van der Waals surface area contributed by atoms with Crippen molar-refractivity contribution in [1.82, 2.24) is 4.72 Å². The molecule has 1 N–H and O–H groups in total. The van der Waals surface area contributed by atoms with Crippen LogP contribution < -0.4 is 9.62 Å². The van der Waals surface area contributed by atoms with E-state index in [1.54, 1.807) is 17.0 Å². The first-order valence-corrected chi connectivity index (χ1v) is 7.79. The Morgan fingerprint density at radius 2 is 2.19 bits per heavy atom. The van der Waals surface area contributed by atoms with E-state index in [0.717, 1.165) is 17.7 Å². The van der Waals surface area contributed by atoms with Crippen LogP contribution in [0, 0.1) is 0 Å². The summed E-state index contributed by atoms with van der Waals surface area (Å²) in [7, 11) is -0.408. The third-order valence-corrected chi connectivity index (χ3v) is 4.75. The Hall–Kier alpha value is -1.44. The van der Waals surface area contributed by atoms with E-state index in [-0.39, 0.29) is 12.5 Å². The summed E-state index contributed by atoms with van der Waals surface area (Å²) < 4.78 is 19.2. The predicted octanol–water partition coefficient (Wildman–Crippen LogP) is 1.03. The van der Waals surface area contributed by atoms with E-state index in [2.05, 4.69) is 9.46 Å². The van der Waals surface area contributed by atoms with Gasteiger partial charge in [0.05, 0.1) is 17.0 Å². The summed E-state index contributed by atoms with van der Waals surface area (Å²) in [5.74, 6) is -0.596. The van der Waals surface area contributed by atoms with Crippen LogP contribution in [0.5, 0.6) is 0 Å². The highest BCUT2D eigenvalue weighted by Crippen LogP contribution is 2.34. The summed E-state index contributed by atoms with van der Waals surface area (Å²) >= 11 is 6.13. The molecule has 1 aromatic rings. The van der Waals surface area contributed by atoms with Crippen LogP contribution in [-0.2, 0) is 31.7 Å². The van der Waals surface area contributed by atoms with Crippen molar-refractivity contribution < 1.29 is 18.5 Å². The second-order valence-electron chi connectivity index (χ2n) is 4.50. The summed E-state index contributed by atoms with van der Waals surface area (Å²) in [6.45, 7) is 1.88. The number of hydrogen-bond donors (Lipinski definition) is 1. The van der Waals surface area contributed by atoms with E-state index < -0.39 is 17.0 Å². The minimum Gasteiger partial charge on any atom is -0.468 e. The van der Waals surface area contributed by atoms with E-state index in [0.29, 0.717) is 16.5 Å². The van der Waals surface area contributed by atoms with Crippen molar-refractivity contribution in [2.75, 3.05) is 25.1 Å². The fourth-order valence-electron chi connectivity index (χ4n) is 2.13. The number of amides is 1. The zero-order valence-corrected chi connectivity index (χ0v) is 13.2. The largest absolute Gasteiger partial charge is 0.468 e. The number of rotatable bonds is 4. The number of esters is 1. The second kappa shape index (κ2) is 6.55. The topological polar surface area (TPSA) is 75.7 Å². The number of halogens is 1. The first kappa shape index (κ1) is 15.9. The molecular weight excluding hydrogens is 316 g/mol. The van der Waals surface area contributed by atoms with Gasteiger partial charge in [0.15, 0.2) is 0 Å². The van der Waals surface area contributed by atoms with E-state index in [1.165, 1.54) is 14.0 Å². The lowest BCUT2D eigenvalue weighted by atomic mass is 10.2. The van der Waals surface area contributed by atoms with Crippen molar-refractivity contribution in [1.29, 1.82) is 0 Å². The Bertz CT molecular complexity index is 620. The molecule has 1 aliphatic rings. The molecule has 1 unspecified atom stereocenters. The Labute approximate surface area is 130 Å². The molecule has 8 heteroatoms. The highest BCUT2D eigenvalue weighted by molar-refractivity contribution is 7.83. The van der Waals surface area contributed by atoms with Crippen molar-refractivity contribution in [3.05, 3.63) is 22.7 Å². The van der Waals surface area contributed by atoms with Gasteiger partial charge in [-0.2, -0.15) is 0 Å². The van der Waals surface area contributed by atoms with Crippen LogP contribution in [0.3, 0.4) is 0 Å². The lowest BCUT2D eigenvalue weighted by molar-refractivity contribution is -0.139. The van der Waals surface area contributed by atoms with Crippen LogP contribution in [-0.4, -0.2) is 36.3 Å². The van der Waals surface area contributed by atoms with Gasteiger partial charge in [0.1, 0.15) is 17.5 Å². The Morgan fingerprint density at radius 1 is 1.48 bits per heavy atom. The van der Waals surface area contributed by atoms with Crippen LogP contribution in [0.15, 0.2) is 17.0 Å². The first-order valence-electron chi connectivity index (χ1n) is 6.26. The molecule has 0 bridgehead atoms. The van der Waals surface area contributed by atoms with Crippen LogP contribution in [0.4, 0.5) is 5.69 Å². The summed E-state index contributed by atoms with van der Waals surface area (Å²) in [6.07, 6.45) is 0.719. The highest BCUT2D eigenvalue weighted by atomic mass is 35.5. The van der Waals surface area contributed by atoms with Gasteiger partial charge in [-0.15, -0.1) is 0 Å². The summed E-state index contributed by atoms with van der Waals surface area (Å²) in [6, 6.07) is 3.35. The Morgan fingerprint density at radius 3 is 2.81 bits per heavy atom. The van der Waals surface area contributed by atoms with Crippen molar-refractivity contribution in [2.24, 2.45) is 0 Å². The van der Waals surface area contributed by atoms with Crippen molar-refractivity contribution in [3.8, 4) is 0 Å². The standard InChI is InChI=1S/C13H15ClN2O4S/c1-8(17)16-4-3-9-5-10(14)12(6-11(9)16)21(19)15-7-13(18)20-2/h5-6,15H,3-4,7H2,1-2H3. The molecule has 0 aromatic heterocycles. The van der Waals surface area contributed by atoms with Gasteiger partial charge in [-0.3, -0.25) is 9.59 Å². The number of hydrogen-bond acceptors (Lipinski definition) is 4. The summed E-state index contributed by atoms with van der Waals surface area (Å²) in [5.41, 5.74) is 1.67. The smallest absolute Gasteiger partial charge is 0.320 e. The van der Waals surface area contributed by atoms with Gasteiger partial charge >= 0.3 is 5.97 Å².